The number of benzene rings is 1. The van der Waals surface area contributed by atoms with Gasteiger partial charge in [-0.3, -0.25) is 9.59 Å². The highest BCUT2D eigenvalue weighted by atomic mass is 32.1. The molecule has 0 spiro atoms. The van der Waals surface area contributed by atoms with Crippen molar-refractivity contribution in [2.24, 2.45) is 0 Å². The van der Waals surface area contributed by atoms with E-state index in [-0.39, 0.29) is 23.6 Å². The Bertz CT molecular complexity index is 935. The summed E-state index contributed by atoms with van der Waals surface area (Å²) in [7, 11) is 0. The van der Waals surface area contributed by atoms with Crippen LogP contribution >= 0.6 is 11.3 Å². The summed E-state index contributed by atoms with van der Waals surface area (Å²) in [6, 6.07) is 7.74. The molecule has 2 N–H and O–H groups in total. The number of hydrogen-bond donors (Lipinski definition) is 2. The van der Waals surface area contributed by atoms with E-state index < -0.39 is 23.6 Å². The van der Waals surface area contributed by atoms with Crippen molar-refractivity contribution < 1.29 is 27.2 Å². The lowest BCUT2D eigenvalue weighted by Gasteiger charge is -2.15. The first kappa shape index (κ1) is 18.7. The summed E-state index contributed by atoms with van der Waals surface area (Å²) in [4.78, 5) is 23.9. The number of thiophene rings is 1. The maximum atomic E-state index is 13.4. The normalized spacial score (nSPS) is 11.2. The van der Waals surface area contributed by atoms with Gasteiger partial charge in [-0.05, 0) is 52.7 Å². The van der Waals surface area contributed by atoms with Crippen LogP contribution in [0.25, 0.3) is 0 Å². The van der Waals surface area contributed by atoms with Gasteiger partial charge in [0.25, 0.3) is 5.91 Å². The van der Waals surface area contributed by atoms with Crippen molar-refractivity contribution in [3.63, 3.8) is 0 Å². The van der Waals surface area contributed by atoms with Crippen LogP contribution in [0.1, 0.15) is 21.7 Å². The fourth-order valence-corrected chi connectivity index (χ4v) is 3.01. The predicted molar refractivity (Wildman–Crippen MR) is 94.8 cm³/mol. The van der Waals surface area contributed by atoms with E-state index in [2.05, 4.69) is 10.6 Å². The number of nitrogens with one attached hydrogen (secondary N) is 2. The molecule has 0 aliphatic carbocycles. The third-order valence-corrected chi connectivity index (χ3v) is 4.28. The van der Waals surface area contributed by atoms with Gasteiger partial charge in [0, 0.05) is 5.69 Å². The molecule has 0 radical (unpaired) electrons. The summed E-state index contributed by atoms with van der Waals surface area (Å²) in [5.74, 6) is -1.27. The number of hydrogen-bond acceptors (Lipinski definition) is 4. The molecule has 0 atom stereocenters. The number of halogens is 3. The highest BCUT2D eigenvalue weighted by Gasteiger charge is 2.34. The molecule has 0 aliphatic rings. The summed E-state index contributed by atoms with van der Waals surface area (Å²) >= 11 is 1.39. The topological polar surface area (TPSA) is 71.3 Å². The second-order valence-electron chi connectivity index (χ2n) is 5.55. The summed E-state index contributed by atoms with van der Waals surface area (Å²) < 4.78 is 45.1. The summed E-state index contributed by atoms with van der Waals surface area (Å²) in [6.07, 6.45) is -3.46. The van der Waals surface area contributed by atoms with Gasteiger partial charge >= 0.3 is 6.18 Å². The predicted octanol–water partition coefficient (Wildman–Crippen LogP) is 4.79. The Kier molecular flexibility index (Phi) is 5.31. The molecule has 27 heavy (non-hydrogen) atoms. The van der Waals surface area contributed by atoms with E-state index in [0.717, 1.165) is 12.1 Å². The van der Waals surface area contributed by atoms with E-state index in [1.54, 1.807) is 16.8 Å². The molecular formula is C18H13F3N2O3S. The van der Waals surface area contributed by atoms with Crippen molar-refractivity contribution in [2.75, 3.05) is 10.6 Å². The van der Waals surface area contributed by atoms with E-state index in [4.69, 9.17) is 4.42 Å². The molecule has 3 rings (SSSR count). The van der Waals surface area contributed by atoms with Crippen molar-refractivity contribution in [3.8, 4) is 0 Å². The standard InChI is InChI=1S/C18H13F3N2O3S/c19-18(20,21)13-9-12(22-17(25)15-2-1-6-26-15)3-4-14(13)23-16(24)8-11-5-7-27-10-11/h1-7,9-10H,8H2,(H,22,25)(H,23,24). The lowest BCUT2D eigenvalue weighted by molar-refractivity contribution is -0.136. The molecule has 0 aliphatic heterocycles. The number of alkyl halides is 3. The van der Waals surface area contributed by atoms with Crippen molar-refractivity contribution >= 4 is 34.5 Å². The first-order valence-electron chi connectivity index (χ1n) is 7.70. The number of carbonyl (C=O) groups excluding carboxylic acids is 2. The minimum Gasteiger partial charge on any atom is -0.459 e. The minimum atomic E-state index is -4.71. The van der Waals surface area contributed by atoms with Crippen LogP contribution in [0.4, 0.5) is 24.5 Å². The monoisotopic (exact) mass is 394 g/mol. The van der Waals surface area contributed by atoms with E-state index in [9.17, 15) is 22.8 Å². The highest BCUT2D eigenvalue weighted by Crippen LogP contribution is 2.36. The van der Waals surface area contributed by atoms with Gasteiger partial charge in [0.1, 0.15) is 0 Å². The van der Waals surface area contributed by atoms with Gasteiger partial charge in [-0.1, -0.05) is 0 Å². The largest absolute Gasteiger partial charge is 0.459 e. The summed E-state index contributed by atoms with van der Waals surface area (Å²) in [5.41, 5.74) is -0.787. The molecule has 0 saturated carbocycles. The molecule has 0 bridgehead atoms. The van der Waals surface area contributed by atoms with Crippen LogP contribution in [0.5, 0.6) is 0 Å². The van der Waals surface area contributed by atoms with Crippen LogP contribution < -0.4 is 10.6 Å². The fraction of sp³-hybridized carbons (Fsp3) is 0.111. The van der Waals surface area contributed by atoms with Crippen LogP contribution in [0.15, 0.2) is 57.8 Å². The molecule has 140 valence electrons. The number of furan rings is 1. The average molecular weight is 394 g/mol. The smallest absolute Gasteiger partial charge is 0.418 e. The molecule has 1 aromatic carbocycles. The van der Waals surface area contributed by atoms with Gasteiger partial charge in [-0.2, -0.15) is 24.5 Å². The summed E-state index contributed by atoms with van der Waals surface area (Å²) in [6.45, 7) is 0. The van der Waals surface area contributed by atoms with Crippen LogP contribution in [-0.4, -0.2) is 11.8 Å². The molecule has 2 heterocycles. The van der Waals surface area contributed by atoms with Crippen LogP contribution in [0.3, 0.4) is 0 Å². The van der Waals surface area contributed by atoms with Gasteiger partial charge in [0.15, 0.2) is 5.76 Å². The van der Waals surface area contributed by atoms with Crippen LogP contribution in [0.2, 0.25) is 0 Å². The maximum absolute atomic E-state index is 13.4. The first-order valence-corrected chi connectivity index (χ1v) is 8.64. The van der Waals surface area contributed by atoms with Gasteiger partial charge in [0.2, 0.25) is 5.91 Å². The van der Waals surface area contributed by atoms with E-state index in [1.165, 1.54) is 35.8 Å². The third-order valence-electron chi connectivity index (χ3n) is 3.55. The van der Waals surface area contributed by atoms with Crippen molar-refractivity contribution in [1.82, 2.24) is 0 Å². The maximum Gasteiger partial charge on any atom is 0.418 e. The molecule has 5 nitrogen and oxygen atoms in total. The number of carbonyl (C=O) groups is 2. The SMILES string of the molecule is O=C(Cc1ccsc1)Nc1ccc(NC(=O)c2ccco2)cc1C(F)(F)F. The Morgan fingerprint density at radius 1 is 1.11 bits per heavy atom. The molecule has 0 saturated heterocycles. The molecule has 0 fully saturated rings. The second-order valence-corrected chi connectivity index (χ2v) is 6.33. The lowest BCUT2D eigenvalue weighted by atomic mass is 10.1. The Labute approximate surface area is 155 Å². The third kappa shape index (κ3) is 4.76. The van der Waals surface area contributed by atoms with Crippen molar-refractivity contribution in [3.05, 3.63) is 70.3 Å². The number of amides is 2. The highest BCUT2D eigenvalue weighted by molar-refractivity contribution is 7.08. The Morgan fingerprint density at radius 2 is 1.93 bits per heavy atom. The zero-order chi connectivity index (χ0) is 19.4. The average Bonchev–Trinajstić information content (AvgIpc) is 3.28. The number of anilines is 2. The Balaban J connectivity index is 1.79. The molecular weight excluding hydrogens is 381 g/mol. The Hall–Kier alpha value is -3.07. The van der Waals surface area contributed by atoms with Gasteiger partial charge in [0.05, 0.1) is 23.9 Å². The van der Waals surface area contributed by atoms with Crippen LogP contribution in [-0.2, 0) is 17.4 Å². The zero-order valence-corrected chi connectivity index (χ0v) is 14.5. The fourth-order valence-electron chi connectivity index (χ4n) is 2.34. The minimum absolute atomic E-state index is 0.0300. The quantitative estimate of drug-likeness (QED) is 0.653. The molecule has 2 amide bonds. The molecule has 2 aromatic heterocycles. The van der Waals surface area contributed by atoms with E-state index >= 15 is 0 Å². The van der Waals surface area contributed by atoms with Gasteiger partial charge < -0.3 is 15.1 Å². The zero-order valence-electron chi connectivity index (χ0n) is 13.7. The molecule has 0 unspecified atom stereocenters. The summed E-state index contributed by atoms with van der Waals surface area (Å²) in [5, 5.41) is 8.13. The molecule has 3 aromatic rings. The van der Waals surface area contributed by atoms with Crippen molar-refractivity contribution in [2.45, 2.75) is 12.6 Å². The number of rotatable bonds is 5. The second kappa shape index (κ2) is 7.67. The molecule has 9 heteroatoms. The first-order chi connectivity index (χ1) is 12.8. The van der Waals surface area contributed by atoms with Crippen LogP contribution in [0, 0.1) is 0 Å². The Morgan fingerprint density at radius 3 is 2.56 bits per heavy atom. The van der Waals surface area contributed by atoms with Gasteiger partial charge in [-0.25, -0.2) is 0 Å². The van der Waals surface area contributed by atoms with E-state index in [0.29, 0.717) is 5.56 Å². The van der Waals surface area contributed by atoms with Crippen molar-refractivity contribution in [1.29, 1.82) is 0 Å². The lowest BCUT2D eigenvalue weighted by Crippen LogP contribution is -2.19. The van der Waals surface area contributed by atoms with E-state index in [1.807, 2.05) is 0 Å². The van der Waals surface area contributed by atoms with Gasteiger partial charge in [-0.15, -0.1) is 0 Å².